The highest BCUT2D eigenvalue weighted by molar-refractivity contribution is 5.95. The fourth-order valence-corrected chi connectivity index (χ4v) is 5.47. The molecule has 1 aromatic heterocycles. The Morgan fingerprint density at radius 2 is 2.03 bits per heavy atom. The number of nitrogens with one attached hydrogen (secondary N) is 1. The van der Waals surface area contributed by atoms with Crippen LogP contribution in [-0.4, -0.2) is 96.9 Å². The van der Waals surface area contributed by atoms with Gasteiger partial charge in [-0.15, -0.1) is 0 Å². The molecule has 2 amide bonds. The van der Waals surface area contributed by atoms with Crippen molar-refractivity contribution < 1.29 is 19.1 Å². The smallest absolute Gasteiger partial charge is 0.290 e. The molecule has 37 heavy (non-hydrogen) atoms. The molecule has 0 spiro atoms. The minimum atomic E-state index is -0.146. The number of hydrogen-bond donors (Lipinski definition) is 1. The lowest BCUT2D eigenvalue weighted by Gasteiger charge is -2.39. The zero-order valence-electron chi connectivity index (χ0n) is 22.7. The van der Waals surface area contributed by atoms with Crippen LogP contribution in [0.1, 0.15) is 50.1 Å². The van der Waals surface area contributed by atoms with Crippen LogP contribution in [0.3, 0.4) is 0 Å². The molecule has 1 aromatic carbocycles. The van der Waals surface area contributed by atoms with Gasteiger partial charge >= 0.3 is 0 Å². The summed E-state index contributed by atoms with van der Waals surface area (Å²) in [6.07, 6.45) is 3.35. The van der Waals surface area contributed by atoms with Gasteiger partial charge in [0.05, 0.1) is 23.6 Å². The SMILES string of the molecule is COCCCCn1c(C(=O)N(CC(C)C)[C@@H]2CNCC(C(=O)N3CCCOCC3)C2)nc2ccccc21. The number of nitrogens with zero attached hydrogens (tertiary/aromatic N) is 4. The summed E-state index contributed by atoms with van der Waals surface area (Å²) in [7, 11) is 1.71. The van der Waals surface area contributed by atoms with Crippen molar-refractivity contribution in [2.45, 2.75) is 52.1 Å². The lowest BCUT2D eigenvalue weighted by molar-refractivity contribution is -0.136. The van der Waals surface area contributed by atoms with Crippen LogP contribution in [-0.2, 0) is 20.8 Å². The number of methoxy groups -OCH3 is 1. The molecule has 9 heteroatoms. The summed E-state index contributed by atoms with van der Waals surface area (Å²) >= 11 is 0. The van der Waals surface area contributed by atoms with Gasteiger partial charge < -0.3 is 29.2 Å². The van der Waals surface area contributed by atoms with Crippen molar-refractivity contribution in [1.82, 2.24) is 24.7 Å². The number of aromatic nitrogens is 2. The number of imidazole rings is 1. The summed E-state index contributed by atoms with van der Waals surface area (Å²) < 4.78 is 12.8. The number of carbonyl (C=O) groups is 2. The third-order valence-corrected chi connectivity index (χ3v) is 7.30. The van der Waals surface area contributed by atoms with E-state index in [9.17, 15) is 9.59 Å². The highest BCUT2D eigenvalue weighted by Crippen LogP contribution is 2.24. The molecule has 1 unspecified atom stereocenters. The van der Waals surface area contributed by atoms with Gasteiger partial charge in [0, 0.05) is 65.6 Å². The monoisotopic (exact) mass is 513 g/mol. The molecule has 0 saturated carbocycles. The molecule has 0 bridgehead atoms. The van der Waals surface area contributed by atoms with Gasteiger partial charge in [0.1, 0.15) is 0 Å². The van der Waals surface area contributed by atoms with Crippen molar-refractivity contribution >= 4 is 22.8 Å². The van der Waals surface area contributed by atoms with Gasteiger partial charge in [-0.05, 0) is 43.7 Å². The number of amides is 2. The quantitative estimate of drug-likeness (QED) is 0.492. The molecule has 1 N–H and O–H groups in total. The Kier molecular flexibility index (Phi) is 9.94. The number of aryl methyl sites for hydroxylation is 1. The second kappa shape index (κ2) is 13.3. The minimum absolute atomic E-state index is 0.0558. The van der Waals surface area contributed by atoms with Crippen LogP contribution in [0.2, 0.25) is 0 Å². The summed E-state index contributed by atoms with van der Waals surface area (Å²) in [5, 5.41) is 3.46. The van der Waals surface area contributed by atoms with Crippen LogP contribution in [0.25, 0.3) is 11.0 Å². The lowest BCUT2D eigenvalue weighted by atomic mass is 9.92. The summed E-state index contributed by atoms with van der Waals surface area (Å²) in [5.74, 6) is 0.747. The maximum Gasteiger partial charge on any atom is 0.290 e. The third-order valence-electron chi connectivity index (χ3n) is 7.30. The Morgan fingerprint density at radius 3 is 2.84 bits per heavy atom. The molecule has 2 saturated heterocycles. The fraction of sp³-hybridized carbons (Fsp3) is 0.679. The van der Waals surface area contributed by atoms with Crippen LogP contribution in [0, 0.1) is 11.8 Å². The molecule has 2 aliphatic heterocycles. The molecule has 2 aromatic rings. The van der Waals surface area contributed by atoms with Gasteiger partial charge in [-0.25, -0.2) is 4.98 Å². The predicted octanol–water partition coefficient (Wildman–Crippen LogP) is 2.79. The fourth-order valence-electron chi connectivity index (χ4n) is 5.47. The summed E-state index contributed by atoms with van der Waals surface area (Å²) in [6.45, 7) is 10.3. The number of piperidine rings is 1. The van der Waals surface area contributed by atoms with Crippen molar-refractivity contribution in [2.75, 3.05) is 59.7 Å². The van der Waals surface area contributed by atoms with E-state index in [0.717, 1.165) is 36.8 Å². The maximum atomic E-state index is 14.2. The van der Waals surface area contributed by atoms with E-state index in [1.165, 1.54) is 0 Å². The lowest BCUT2D eigenvalue weighted by Crippen LogP contribution is -2.55. The number of hydrogen-bond acceptors (Lipinski definition) is 6. The second-order valence-electron chi connectivity index (χ2n) is 10.7. The number of benzene rings is 1. The molecule has 9 nitrogen and oxygen atoms in total. The second-order valence-corrected chi connectivity index (χ2v) is 10.7. The Balaban J connectivity index is 1.56. The highest BCUT2D eigenvalue weighted by atomic mass is 16.5. The number of unbranched alkanes of at least 4 members (excludes halogenated alkanes) is 1. The van der Waals surface area contributed by atoms with E-state index in [1.807, 2.05) is 34.1 Å². The first kappa shape index (κ1) is 27.5. The van der Waals surface area contributed by atoms with Crippen LogP contribution in [0.4, 0.5) is 0 Å². The first-order chi connectivity index (χ1) is 18.0. The topological polar surface area (TPSA) is 88.9 Å². The Bertz CT molecular complexity index is 1030. The van der Waals surface area contributed by atoms with Gasteiger partial charge in [-0.2, -0.15) is 0 Å². The van der Waals surface area contributed by atoms with Crippen molar-refractivity contribution in [3.8, 4) is 0 Å². The van der Waals surface area contributed by atoms with Crippen LogP contribution in [0.15, 0.2) is 24.3 Å². The predicted molar refractivity (Wildman–Crippen MR) is 143 cm³/mol. The molecule has 0 aliphatic carbocycles. The molecule has 2 atom stereocenters. The van der Waals surface area contributed by atoms with Crippen molar-refractivity contribution in [3.05, 3.63) is 30.1 Å². The molecule has 4 rings (SSSR count). The molecule has 204 valence electrons. The molecule has 2 fully saturated rings. The van der Waals surface area contributed by atoms with E-state index in [0.29, 0.717) is 70.7 Å². The normalized spacial score (nSPS) is 20.8. The van der Waals surface area contributed by atoms with Crippen LogP contribution < -0.4 is 5.32 Å². The molecular weight excluding hydrogens is 470 g/mol. The van der Waals surface area contributed by atoms with Crippen molar-refractivity contribution in [3.63, 3.8) is 0 Å². The summed E-state index contributed by atoms with van der Waals surface area (Å²) in [4.78, 5) is 36.3. The van der Waals surface area contributed by atoms with Gasteiger partial charge in [-0.3, -0.25) is 9.59 Å². The average Bonchev–Trinajstić information content (AvgIpc) is 3.07. The van der Waals surface area contributed by atoms with Crippen LogP contribution in [0.5, 0.6) is 0 Å². The van der Waals surface area contributed by atoms with Gasteiger partial charge in [0.2, 0.25) is 5.91 Å². The molecule has 0 radical (unpaired) electrons. The van der Waals surface area contributed by atoms with E-state index in [1.54, 1.807) is 7.11 Å². The number of fused-ring (bicyclic) bond motifs is 1. The highest BCUT2D eigenvalue weighted by Gasteiger charge is 2.36. The zero-order chi connectivity index (χ0) is 26.2. The van der Waals surface area contributed by atoms with Crippen molar-refractivity contribution in [1.29, 1.82) is 0 Å². The Morgan fingerprint density at radius 1 is 1.19 bits per heavy atom. The van der Waals surface area contributed by atoms with E-state index < -0.39 is 0 Å². The molecular formula is C28H43N5O4. The van der Waals surface area contributed by atoms with E-state index >= 15 is 0 Å². The summed E-state index contributed by atoms with van der Waals surface area (Å²) in [5.41, 5.74) is 1.81. The number of ether oxygens (including phenoxy) is 2. The third kappa shape index (κ3) is 6.89. The minimum Gasteiger partial charge on any atom is -0.385 e. The first-order valence-electron chi connectivity index (χ1n) is 13.8. The Hall–Kier alpha value is -2.49. The first-order valence-corrected chi connectivity index (χ1v) is 13.8. The number of rotatable bonds is 10. The van der Waals surface area contributed by atoms with Crippen LogP contribution >= 0.6 is 0 Å². The number of para-hydroxylation sites is 2. The van der Waals surface area contributed by atoms with E-state index in [4.69, 9.17) is 14.5 Å². The molecule has 3 heterocycles. The van der Waals surface area contributed by atoms with E-state index in [-0.39, 0.29) is 23.8 Å². The molecule has 2 aliphatic rings. The van der Waals surface area contributed by atoms with Gasteiger partial charge in [-0.1, -0.05) is 26.0 Å². The largest absolute Gasteiger partial charge is 0.385 e. The maximum absolute atomic E-state index is 14.2. The Labute approximate surface area is 220 Å². The standard InChI is InChI=1S/C28H43N5O4/c1-21(2)20-33(23-17-22(18-29-19-23)27(34)31-11-8-15-37-16-13-31)28(35)26-30-24-9-4-5-10-25(24)32(26)12-6-7-14-36-3/h4-5,9-10,21-23,29H,6-8,11-20H2,1-3H3/t22?,23-/m0/s1. The van der Waals surface area contributed by atoms with Gasteiger partial charge in [0.15, 0.2) is 5.82 Å². The average molecular weight is 514 g/mol. The number of carbonyl (C=O) groups excluding carboxylic acids is 2. The summed E-state index contributed by atoms with van der Waals surface area (Å²) in [6, 6.07) is 7.88. The van der Waals surface area contributed by atoms with Gasteiger partial charge in [0.25, 0.3) is 5.91 Å². The zero-order valence-corrected chi connectivity index (χ0v) is 22.7. The van der Waals surface area contributed by atoms with Crippen molar-refractivity contribution in [2.24, 2.45) is 11.8 Å². The van der Waals surface area contributed by atoms with E-state index in [2.05, 4.69) is 23.7 Å².